The van der Waals surface area contributed by atoms with Crippen LogP contribution in [0.5, 0.6) is 0 Å². The molecule has 1 aliphatic rings. The van der Waals surface area contributed by atoms with Gasteiger partial charge in [-0.2, -0.15) is 5.26 Å². The minimum absolute atomic E-state index is 0.0576. The number of thioether (sulfide) groups is 1. The summed E-state index contributed by atoms with van der Waals surface area (Å²) in [6.07, 6.45) is 2.87. The normalized spacial score (nSPS) is 22.2. The van der Waals surface area contributed by atoms with Gasteiger partial charge in [-0.1, -0.05) is 27.7 Å². The van der Waals surface area contributed by atoms with Crippen LogP contribution in [0.3, 0.4) is 0 Å². The van der Waals surface area contributed by atoms with Crippen LogP contribution in [-0.4, -0.2) is 50.2 Å². The lowest BCUT2D eigenvalue weighted by Crippen LogP contribution is -2.62. The zero-order chi connectivity index (χ0) is 24.3. The van der Waals surface area contributed by atoms with Crippen molar-refractivity contribution in [1.82, 2.24) is 10.3 Å². The summed E-state index contributed by atoms with van der Waals surface area (Å²) in [5, 5.41) is 14.5. The van der Waals surface area contributed by atoms with Gasteiger partial charge in [0.1, 0.15) is 11.0 Å². The number of amides is 1. The molecular formula is C23H38N4O3SSi. The number of anilines is 1. The Hall–Kier alpha value is -1.76. The fourth-order valence-electron chi connectivity index (χ4n) is 3.52. The molecule has 1 saturated heterocycles. The van der Waals surface area contributed by atoms with Crippen molar-refractivity contribution in [2.75, 3.05) is 18.0 Å². The number of hydrogen-bond acceptors (Lipinski definition) is 7. The molecular weight excluding hydrogens is 440 g/mol. The maximum atomic E-state index is 12.7. The lowest BCUT2D eigenvalue weighted by Gasteiger charge is -2.48. The van der Waals surface area contributed by atoms with E-state index in [0.717, 1.165) is 28.9 Å². The van der Waals surface area contributed by atoms with Crippen LogP contribution >= 0.6 is 11.8 Å². The predicted molar refractivity (Wildman–Crippen MR) is 132 cm³/mol. The number of carbonyl (C=O) groups excluding carboxylic acids is 1. The molecule has 1 amide bonds. The van der Waals surface area contributed by atoms with E-state index in [-0.39, 0.29) is 23.1 Å². The van der Waals surface area contributed by atoms with Crippen LogP contribution in [0.25, 0.3) is 0 Å². The van der Waals surface area contributed by atoms with Crippen LogP contribution in [0.2, 0.25) is 18.1 Å². The van der Waals surface area contributed by atoms with Crippen molar-refractivity contribution in [3.8, 4) is 5.40 Å². The largest absolute Gasteiger partial charge is 0.444 e. The molecule has 0 aromatic carbocycles. The number of hydrogen-bond donors (Lipinski definition) is 1. The number of aromatic nitrogens is 1. The van der Waals surface area contributed by atoms with Gasteiger partial charge in [0.2, 0.25) is 0 Å². The van der Waals surface area contributed by atoms with Crippen LogP contribution in [0.4, 0.5) is 10.5 Å². The van der Waals surface area contributed by atoms with E-state index in [2.05, 4.69) is 61.4 Å². The van der Waals surface area contributed by atoms with Crippen molar-refractivity contribution in [2.45, 2.75) is 89.2 Å². The Bertz CT molecular complexity index is 845. The molecule has 7 nitrogen and oxygen atoms in total. The van der Waals surface area contributed by atoms with Gasteiger partial charge in [0.05, 0.1) is 22.7 Å². The fraction of sp³-hybridized carbons (Fsp3) is 0.696. The van der Waals surface area contributed by atoms with Crippen LogP contribution in [0, 0.1) is 16.6 Å². The topological polar surface area (TPSA) is 87.5 Å². The summed E-state index contributed by atoms with van der Waals surface area (Å²) in [6, 6.07) is 1.67. The molecule has 1 N–H and O–H groups in total. The third kappa shape index (κ3) is 6.87. The molecule has 32 heavy (non-hydrogen) atoms. The second-order valence-corrected chi connectivity index (χ2v) is 16.6. The Morgan fingerprint density at radius 2 is 1.94 bits per heavy atom. The zero-order valence-corrected chi connectivity index (χ0v) is 22.7. The second-order valence-electron chi connectivity index (χ2n) is 11.0. The standard InChI is InChI=1S/C23H38N4O3SSi/c1-16-13-27(18-10-11-25-12-19(18)31-15-24)14-17(26-21(28)29-22(2,3)4)20(16)30-32(8,9)23(5,6)7/h10-12,16-17,20H,13-14H2,1-9H3,(H,26,28)/t16-,17-,20+/m1/s1. The Kier molecular flexibility index (Phi) is 8.29. The molecule has 0 unspecified atom stereocenters. The number of rotatable bonds is 5. The SMILES string of the molecule is C[C@@H]1CN(c2ccncc2SC#N)C[C@@H](NC(=O)OC(C)(C)C)[C@H]1O[Si](C)(C)C(C)(C)C. The molecule has 0 saturated carbocycles. The van der Waals surface area contributed by atoms with E-state index < -0.39 is 20.0 Å². The first-order valence-electron chi connectivity index (χ1n) is 11.1. The van der Waals surface area contributed by atoms with Gasteiger partial charge in [-0.15, -0.1) is 0 Å². The average molecular weight is 479 g/mol. The van der Waals surface area contributed by atoms with E-state index in [9.17, 15) is 10.1 Å². The predicted octanol–water partition coefficient (Wildman–Crippen LogP) is 5.39. The first-order valence-corrected chi connectivity index (χ1v) is 14.8. The third-order valence-corrected chi connectivity index (χ3v) is 11.2. The van der Waals surface area contributed by atoms with E-state index in [1.54, 1.807) is 12.4 Å². The maximum absolute atomic E-state index is 12.7. The molecule has 2 heterocycles. The Balaban J connectivity index is 2.35. The van der Waals surface area contributed by atoms with E-state index in [1.807, 2.05) is 26.8 Å². The monoisotopic (exact) mass is 478 g/mol. The number of carbonyl (C=O) groups is 1. The van der Waals surface area contributed by atoms with Gasteiger partial charge in [0, 0.05) is 31.4 Å². The van der Waals surface area contributed by atoms with Crippen LogP contribution in [0.15, 0.2) is 23.4 Å². The summed E-state index contributed by atoms with van der Waals surface area (Å²) in [7, 11) is -2.07. The van der Waals surface area contributed by atoms with Crippen LogP contribution in [0.1, 0.15) is 48.5 Å². The summed E-state index contributed by atoms with van der Waals surface area (Å²) in [5.41, 5.74) is 0.363. The highest BCUT2D eigenvalue weighted by Crippen LogP contribution is 2.40. The molecule has 178 valence electrons. The molecule has 1 aliphatic heterocycles. The molecule has 1 aromatic rings. The highest BCUT2D eigenvalue weighted by Gasteiger charge is 2.45. The lowest BCUT2D eigenvalue weighted by atomic mass is 9.92. The van der Waals surface area contributed by atoms with Crippen molar-refractivity contribution in [3.63, 3.8) is 0 Å². The maximum Gasteiger partial charge on any atom is 0.408 e. The summed E-state index contributed by atoms with van der Waals surface area (Å²) in [4.78, 5) is 19.9. The number of nitriles is 1. The van der Waals surface area contributed by atoms with E-state index in [1.165, 1.54) is 0 Å². The van der Waals surface area contributed by atoms with E-state index in [0.29, 0.717) is 6.54 Å². The van der Waals surface area contributed by atoms with Gasteiger partial charge in [0.25, 0.3) is 0 Å². The van der Waals surface area contributed by atoms with Crippen LogP contribution in [-0.2, 0) is 9.16 Å². The van der Waals surface area contributed by atoms with Gasteiger partial charge in [-0.25, -0.2) is 4.79 Å². The molecule has 0 bridgehead atoms. The molecule has 2 rings (SSSR count). The fourth-order valence-corrected chi connectivity index (χ4v) is 5.47. The highest BCUT2D eigenvalue weighted by atomic mass is 32.2. The number of thiocyanates is 1. The number of alkyl carbamates (subject to hydrolysis) is 1. The third-order valence-electron chi connectivity index (χ3n) is 6.08. The minimum Gasteiger partial charge on any atom is -0.444 e. The Morgan fingerprint density at radius 3 is 2.50 bits per heavy atom. The number of pyridine rings is 1. The molecule has 1 fully saturated rings. The first kappa shape index (κ1) is 26.5. The molecule has 0 aliphatic carbocycles. The van der Waals surface area contributed by atoms with Gasteiger partial charge in [-0.3, -0.25) is 4.98 Å². The van der Waals surface area contributed by atoms with E-state index in [4.69, 9.17) is 9.16 Å². The van der Waals surface area contributed by atoms with Gasteiger partial charge in [0.15, 0.2) is 8.32 Å². The number of nitrogens with zero attached hydrogens (tertiary/aromatic N) is 3. The second kappa shape index (κ2) is 10.0. The summed E-state index contributed by atoms with van der Waals surface area (Å²) in [5.74, 6) is 0.158. The zero-order valence-electron chi connectivity index (χ0n) is 20.9. The van der Waals surface area contributed by atoms with Crippen molar-refractivity contribution >= 4 is 31.9 Å². The molecule has 0 spiro atoms. The molecule has 9 heteroatoms. The van der Waals surface area contributed by atoms with E-state index >= 15 is 0 Å². The smallest absolute Gasteiger partial charge is 0.408 e. The molecule has 0 radical (unpaired) electrons. The summed E-state index contributed by atoms with van der Waals surface area (Å²) < 4.78 is 12.4. The highest BCUT2D eigenvalue weighted by molar-refractivity contribution is 8.03. The van der Waals surface area contributed by atoms with Crippen molar-refractivity contribution in [3.05, 3.63) is 18.5 Å². The van der Waals surface area contributed by atoms with Crippen LogP contribution < -0.4 is 10.2 Å². The average Bonchev–Trinajstić information content (AvgIpc) is 2.62. The number of ether oxygens (including phenoxy) is 1. The molecule has 3 atom stereocenters. The minimum atomic E-state index is -2.07. The van der Waals surface area contributed by atoms with Crippen molar-refractivity contribution < 1.29 is 14.0 Å². The van der Waals surface area contributed by atoms with Gasteiger partial charge >= 0.3 is 6.09 Å². The van der Waals surface area contributed by atoms with Crippen molar-refractivity contribution in [2.24, 2.45) is 5.92 Å². The Labute approximate surface area is 198 Å². The number of nitrogens with one attached hydrogen (secondary N) is 1. The lowest BCUT2D eigenvalue weighted by molar-refractivity contribution is 0.0336. The Morgan fingerprint density at radius 1 is 1.28 bits per heavy atom. The molecule has 1 aromatic heterocycles. The number of piperidine rings is 1. The van der Waals surface area contributed by atoms with Crippen molar-refractivity contribution in [1.29, 1.82) is 5.26 Å². The first-order chi connectivity index (χ1) is 14.6. The quantitative estimate of drug-likeness (QED) is 0.345. The van der Waals surface area contributed by atoms with Gasteiger partial charge < -0.3 is 19.4 Å². The summed E-state index contributed by atoms with van der Waals surface area (Å²) >= 11 is 1.10. The summed E-state index contributed by atoms with van der Waals surface area (Å²) in [6.45, 7) is 20.2. The van der Waals surface area contributed by atoms with Gasteiger partial charge in [-0.05, 0) is 56.7 Å².